The van der Waals surface area contributed by atoms with Gasteiger partial charge in [-0.2, -0.15) is 0 Å². The van der Waals surface area contributed by atoms with Crippen LogP contribution in [-0.2, 0) is 23.9 Å². The van der Waals surface area contributed by atoms with Gasteiger partial charge in [0.05, 0.1) is 6.42 Å². The molecule has 0 radical (unpaired) electrons. The molecule has 0 aromatic heterocycles. The number of carbonyl (C=O) groups excluding carboxylic acids is 2. The monoisotopic (exact) mass is 268 g/mol. The van der Waals surface area contributed by atoms with Crippen molar-refractivity contribution in [2.45, 2.75) is 13.3 Å². The van der Waals surface area contributed by atoms with Crippen molar-refractivity contribution < 1.29 is 31.8 Å². The number of hydrogen-bond acceptors (Lipinski definition) is 5. The van der Waals surface area contributed by atoms with Crippen LogP contribution in [0.15, 0.2) is 24.3 Å². The normalized spacial score (nSPS) is 8.72. The van der Waals surface area contributed by atoms with Gasteiger partial charge in [-0.15, -0.1) is 0 Å². The molecule has 0 atom stereocenters. The summed E-state index contributed by atoms with van der Waals surface area (Å²) in [7, 11) is 0. The molecule has 0 aliphatic heterocycles. The van der Waals surface area contributed by atoms with Gasteiger partial charge in [-0.05, 0) is 6.92 Å². The second-order valence-corrected chi connectivity index (χ2v) is 3.23. The Morgan fingerprint density at radius 3 is 1.94 bits per heavy atom. The maximum atomic E-state index is 11.1. The zero-order valence-corrected chi connectivity index (χ0v) is 11.6. The van der Waals surface area contributed by atoms with E-state index in [1.165, 1.54) is 6.92 Å². The summed E-state index contributed by atoms with van der Waals surface area (Å²) in [5, 5.41) is 8.39. The van der Waals surface area contributed by atoms with Gasteiger partial charge >= 0.3 is 41.0 Å². The molecule has 0 aromatic carbocycles. The molecule has 0 amide bonds. The molecule has 0 saturated carbocycles. The van der Waals surface area contributed by atoms with Gasteiger partial charge in [0.25, 0.3) is 0 Å². The van der Waals surface area contributed by atoms with Crippen molar-refractivity contribution in [3.63, 3.8) is 0 Å². The predicted molar refractivity (Wildman–Crippen MR) is 66.1 cm³/mol. The summed E-state index contributed by atoms with van der Waals surface area (Å²) in [5.41, 5.74) is 0.0790. The average molecular weight is 269 g/mol. The smallest absolute Gasteiger partial charge is 1.00 e. The molecule has 0 spiro atoms. The maximum absolute atomic E-state index is 11.1. The number of aliphatic carboxylic acids is 1. The number of rotatable bonds is 7. The first-order valence-electron chi connectivity index (χ1n) is 4.74. The van der Waals surface area contributed by atoms with E-state index in [2.05, 4.69) is 22.6 Å². The third-order valence-electron chi connectivity index (χ3n) is 1.55. The SMILES string of the molecule is C=C(C)C(=O)OCCOC(=O)C(=C)CC(=O)O.[H-].[H-].[Mg+2]. The van der Waals surface area contributed by atoms with E-state index < -0.39 is 24.3 Å². The first-order valence-corrected chi connectivity index (χ1v) is 4.74. The molecule has 0 saturated heterocycles. The Morgan fingerprint density at radius 2 is 1.56 bits per heavy atom. The minimum Gasteiger partial charge on any atom is -1.00 e. The predicted octanol–water partition coefficient (Wildman–Crippen LogP) is 0.524. The minimum absolute atomic E-state index is 0. The molecule has 0 fully saturated rings. The first-order chi connectivity index (χ1) is 7.84. The van der Waals surface area contributed by atoms with Crippen molar-refractivity contribution in [2.75, 3.05) is 13.2 Å². The van der Waals surface area contributed by atoms with Crippen molar-refractivity contribution in [3.8, 4) is 0 Å². The van der Waals surface area contributed by atoms with E-state index >= 15 is 0 Å². The fraction of sp³-hybridized carbons (Fsp3) is 0.364. The van der Waals surface area contributed by atoms with Crippen LogP contribution in [0, 0.1) is 0 Å². The van der Waals surface area contributed by atoms with Crippen LogP contribution in [-0.4, -0.2) is 59.3 Å². The van der Waals surface area contributed by atoms with E-state index in [1.54, 1.807) is 0 Å². The van der Waals surface area contributed by atoms with Gasteiger partial charge in [-0.25, -0.2) is 9.59 Å². The third kappa shape index (κ3) is 8.77. The maximum Gasteiger partial charge on any atom is 2.00 e. The van der Waals surface area contributed by atoms with Crippen molar-refractivity contribution in [1.82, 2.24) is 0 Å². The van der Waals surface area contributed by atoms with Crippen molar-refractivity contribution in [1.29, 1.82) is 0 Å². The van der Waals surface area contributed by atoms with Gasteiger partial charge < -0.3 is 17.4 Å². The topological polar surface area (TPSA) is 89.9 Å². The molecular formula is C11H16MgO6. The Kier molecular flexibility index (Phi) is 10.2. The Balaban J connectivity index is -0.000000427. The number of carboxylic acids is 1. The van der Waals surface area contributed by atoms with Crippen LogP contribution in [0.1, 0.15) is 16.2 Å². The molecule has 7 heteroatoms. The minimum atomic E-state index is -1.17. The van der Waals surface area contributed by atoms with E-state index in [9.17, 15) is 14.4 Å². The van der Waals surface area contributed by atoms with E-state index in [0.717, 1.165) is 0 Å². The average Bonchev–Trinajstić information content (AvgIpc) is 2.22. The molecule has 0 bridgehead atoms. The van der Waals surface area contributed by atoms with Crippen LogP contribution < -0.4 is 0 Å². The first kappa shape index (κ1) is 19.0. The van der Waals surface area contributed by atoms with Gasteiger partial charge in [0, 0.05) is 11.1 Å². The zero-order chi connectivity index (χ0) is 13.4. The standard InChI is InChI=1S/C11H14O6.Mg.2H/c1-7(2)10(14)16-4-5-17-11(15)8(3)6-9(12)13;;;/h1,3-6H2,2H3,(H,12,13);;;/q;+2;2*-1. The summed E-state index contributed by atoms with van der Waals surface area (Å²) in [5.74, 6) is -2.56. The number of hydrogen-bond donors (Lipinski definition) is 1. The Labute approximate surface area is 124 Å². The summed E-state index contributed by atoms with van der Waals surface area (Å²) in [6, 6.07) is 0. The number of esters is 2. The Bertz CT molecular complexity index is 370. The molecule has 0 aliphatic rings. The largest absolute Gasteiger partial charge is 2.00 e. The fourth-order valence-corrected chi connectivity index (χ4v) is 0.749. The van der Waals surface area contributed by atoms with Gasteiger partial charge in [0.15, 0.2) is 0 Å². The second-order valence-electron chi connectivity index (χ2n) is 3.23. The number of carbonyl (C=O) groups is 3. The molecule has 1 N–H and O–H groups in total. The van der Waals surface area contributed by atoms with E-state index in [0.29, 0.717) is 0 Å². The van der Waals surface area contributed by atoms with Crippen LogP contribution >= 0.6 is 0 Å². The molecule has 0 rings (SSSR count). The number of carboxylic acid groups (broad SMARTS) is 1. The second kappa shape index (κ2) is 9.66. The van der Waals surface area contributed by atoms with Crippen LogP contribution in [0.25, 0.3) is 0 Å². The summed E-state index contributed by atoms with van der Waals surface area (Å²) < 4.78 is 9.28. The Morgan fingerprint density at radius 1 is 1.11 bits per heavy atom. The molecule has 0 unspecified atom stereocenters. The van der Waals surface area contributed by atoms with Gasteiger partial charge in [0.2, 0.25) is 0 Å². The van der Waals surface area contributed by atoms with Crippen molar-refractivity contribution in [3.05, 3.63) is 24.3 Å². The van der Waals surface area contributed by atoms with Crippen LogP contribution in [0.5, 0.6) is 0 Å². The summed E-state index contributed by atoms with van der Waals surface area (Å²) in [6.07, 6.45) is -0.482. The summed E-state index contributed by atoms with van der Waals surface area (Å²) >= 11 is 0. The third-order valence-corrected chi connectivity index (χ3v) is 1.55. The van der Waals surface area contributed by atoms with E-state index in [-0.39, 0.29) is 50.3 Å². The van der Waals surface area contributed by atoms with Crippen molar-refractivity contribution >= 4 is 41.0 Å². The molecule has 0 aliphatic carbocycles. The molecule has 18 heavy (non-hydrogen) atoms. The van der Waals surface area contributed by atoms with Gasteiger partial charge in [0.1, 0.15) is 13.2 Å². The zero-order valence-electron chi connectivity index (χ0n) is 12.2. The molecule has 98 valence electrons. The number of ether oxygens (including phenoxy) is 2. The molecule has 0 heterocycles. The Hall–Kier alpha value is -1.34. The van der Waals surface area contributed by atoms with E-state index in [1.807, 2.05) is 0 Å². The summed E-state index contributed by atoms with van der Waals surface area (Å²) in [4.78, 5) is 32.3. The van der Waals surface area contributed by atoms with Crippen LogP contribution in [0.2, 0.25) is 0 Å². The molecular weight excluding hydrogens is 252 g/mol. The molecule has 0 aromatic rings. The van der Waals surface area contributed by atoms with Crippen LogP contribution in [0.3, 0.4) is 0 Å². The van der Waals surface area contributed by atoms with Gasteiger partial charge in [-0.1, -0.05) is 13.2 Å². The van der Waals surface area contributed by atoms with Gasteiger partial charge in [-0.3, -0.25) is 4.79 Å². The quantitative estimate of drug-likeness (QED) is 0.313. The summed E-state index contributed by atoms with van der Waals surface area (Å²) in [6.45, 7) is 7.85. The fourth-order valence-electron chi connectivity index (χ4n) is 0.749. The van der Waals surface area contributed by atoms with Crippen molar-refractivity contribution in [2.24, 2.45) is 0 Å². The van der Waals surface area contributed by atoms with E-state index in [4.69, 9.17) is 5.11 Å². The van der Waals surface area contributed by atoms with Crippen LogP contribution in [0.4, 0.5) is 0 Å². The molecule has 6 nitrogen and oxygen atoms in total.